The van der Waals surface area contributed by atoms with Gasteiger partial charge in [-0.2, -0.15) is 0 Å². The molecule has 3 nitrogen and oxygen atoms in total. The van der Waals surface area contributed by atoms with E-state index in [1.54, 1.807) is 11.0 Å². The molecule has 0 spiro atoms. The lowest BCUT2D eigenvalue weighted by Crippen LogP contribution is -2.56. The largest absolute Gasteiger partial charge is 0.336 e. The molecule has 0 aromatic heterocycles. The summed E-state index contributed by atoms with van der Waals surface area (Å²) in [7, 11) is 2.07. The Morgan fingerprint density at radius 3 is 2.37 bits per heavy atom. The van der Waals surface area contributed by atoms with Gasteiger partial charge in [-0.15, -0.1) is 0 Å². The number of hydrogen-bond donors (Lipinski definition) is 0. The SMILES string of the molecule is C[C@@H]1CN(C(=O)c2cc(F)cc(Br)c2)C[C@H](C)N1C. The van der Waals surface area contributed by atoms with Crippen molar-refractivity contribution in [2.45, 2.75) is 25.9 Å². The second-order valence-corrected chi connectivity index (χ2v) is 6.15. The van der Waals surface area contributed by atoms with Crippen molar-refractivity contribution in [3.8, 4) is 0 Å². The molecule has 1 aliphatic rings. The van der Waals surface area contributed by atoms with Crippen molar-refractivity contribution in [1.82, 2.24) is 9.80 Å². The Kier molecular flexibility index (Phi) is 4.26. The lowest BCUT2D eigenvalue weighted by molar-refractivity contribution is 0.0414. The van der Waals surface area contributed by atoms with Gasteiger partial charge in [-0.3, -0.25) is 9.69 Å². The first kappa shape index (κ1) is 14.5. The summed E-state index contributed by atoms with van der Waals surface area (Å²) in [6.07, 6.45) is 0. The molecule has 1 fully saturated rings. The summed E-state index contributed by atoms with van der Waals surface area (Å²) >= 11 is 3.22. The maximum Gasteiger partial charge on any atom is 0.254 e. The molecule has 0 N–H and O–H groups in total. The maximum atomic E-state index is 13.4. The van der Waals surface area contributed by atoms with Crippen LogP contribution in [0.2, 0.25) is 0 Å². The Morgan fingerprint density at radius 2 is 1.84 bits per heavy atom. The Labute approximate surface area is 121 Å². The topological polar surface area (TPSA) is 23.6 Å². The predicted octanol–water partition coefficient (Wildman–Crippen LogP) is 2.75. The van der Waals surface area contributed by atoms with Crippen LogP contribution in [0.1, 0.15) is 24.2 Å². The van der Waals surface area contributed by atoms with Gasteiger partial charge >= 0.3 is 0 Å². The van der Waals surface area contributed by atoms with E-state index < -0.39 is 5.82 Å². The third-order valence-electron chi connectivity index (χ3n) is 3.76. The predicted molar refractivity (Wildman–Crippen MR) is 76.7 cm³/mol. The molecule has 104 valence electrons. The average Bonchev–Trinajstić information content (AvgIpc) is 2.33. The molecule has 1 saturated heterocycles. The first-order valence-electron chi connectivity index (χ1n) is 6.36. The van der Waals surface area contributed by atoms with E-state index in [1.807, 2.05) is 0 Å². The third-order valence-corrected chi connectivity index (χ3v) is 4.21. The number of hydrogen-bond acceptors (Lipinski definition) is 2. The highest BCUT2D eigenvalue weighted by Crippen LogP contribution is 2.19. The number of benzene rings is 1. The Balaban J connectivity index is 2.20. The Morgan fingerprint density at radius 1 is 1.26 bits per heavy atom. The summed E-state index contributed by atoms with van der Waals surface area (Å²) < 4.78 is 14.0. The van der Waals surface area contributed by atoms with E-state index in [0.29, 0.717) is 35.2 Å². The van der Waals surface area contributed by atoms with E-state index in [-0.39, 0.29) is 5.91 Å². The molecule has 2 rings (SSSR count). The summed E-state index contributed by atoms with van der Waals surface area (Å²) in [4.78, 5) is 16.5. The molecule has 0 radical (unpaired) electrons. The fourth-order valence-corrected chi connectivity index (χ4v) is 2.90. The highest BCUT2D eigenvalue weighted by atomic mass is 79.9. The molecular weight excluding hydrogens is 311 g/mol. The minimum absolute atomic E-state index is 0.105. The molecule has 0 bridgehead atoms. The normalized spacial score (nSPS) is 24.6. The van der Waals surface area contributed by atoms with Crippen LogP contribution < -0.4 is 0 Å². The van der Waals surface area contributed by atoms with Gasteiger partial charge in [0.05, 0.1) is 0 Å². The number of halogens is 2. The Hall–Kier alpha value is -0.940. The second-order valence-electron chi connectivity index (χ2n) is 5.23. The van der Waals surface area contributed by atoms with Crippen molar-refractivity contribution in [3.05, 3.63) is 34.1 Å². The fraction of sp³-hybridized carbons (Fsp3) is 0.500. The summed E-state index contributed by atoms with van der Waals surface area (Å²) in [5.41, 5.74) is 0.399. The van der Waals surface area contributed by atoms with Gasteiger partial charge < -0.3 is 4.90 Å². The summed E-state index contributed by atoms with van der Waals surface area (Å²) in [6, 6.07) is 4.93. The van der Waals surface area contributed by atoms with Gasteiger partial charge in [0.25, 0.3) is 5.91 Å². The van der Waals surface area contributed by atoms with Gasteiger partial charge in [0.2, 0.25) is 0 Å². The van der Waals surface area contributed by atoms with Crippen molar-refractivity contribution < 1.29 is 9.18 Å². The van der Waals surface area contributed by atoms with E-state index in [9.17, 15) is 9.18 Å². The van der Waals surface area contributed by atoms with Crippen molar-refractivity contribution in [2.75, 3.05) is 20.1 Å². The third kappa shape index (κ3) is 3.15. The molecule has 1 aromatic rings. The smallest absolute Gasteiger partial charge is 0.254 e. The number of carbonyl (C=O) groups excluding carboxylic acids is 1. The highest BCUT2D eigenvalue weighted by molar-refractivity contribution is 9.10. The van der Waals surface area contributed by atoms with E-state index >= 15 is 0 Å². The zero-order chi connectivity index (χ0) is 14.2. The quantitative estimate of drug-likeness (QED) is 0.791. The molecule has 1 aliphatic heterocycles. The number of nitrogens with zero attached hydrogens (tertiary/aromatic N) is 2. The molecular formula is C14H18BrFN2O. The van der Waals surface area contributed by atoms with Crippen molar-refractivity contribution in [3.63, 3.8) is 0 Å². The van der Waals surface area contributed by atoms with Gasteiger partial charge in [0, 0.05) is 35.2 Å². The van der Waals surface area contributed by atoms with Crippen LogP contribution in [0.4, 0.5) is 4.39 Å². The van der Waals surface area contributed by atoms with Crippen molar-refractivity contribution in [2.24, 2.45) is 0 Å². The van der Waals surface area contributed by atoms with Crippen LogP contribution in [-0.4, -0.2) is 47.9 Å². The standard InChI is InChI=1S/C14H18BrFN2O/c1-9-7-18(8-10(2)17(9)3)14(19)11-4-12(15)6-13(16)5-11/h4-6,9-10H,7-8H2,1-3H3/t9-,10+. The molecule has 0 unspecified atom stereocenters. The molecule has 1 aromatic carbocycles. The number of likely N-dealkylation sites (N-methyl/N-ethyl adjacent to an activating group) is 1. The van der Waals surface area contributed by atoms with Crippen LogP contribution in [0, 0.1) is 5.82 Å². The molecule has 0 saturated carbocycles. The zero-order valence-electron chi connectivity index (χ0n) is 11.4. The summed E-state index contributed by atoms with van der Waals surface area (Å²) in [6.45, 7) is 5.54. The molecule has 5 heteroatoms. The molecule has 0 aliphatic carbocycles. The van der Waals surface area contributed by atoms with E-state index in [2.05, 4.69) is 41.7 Å². The fourth-order valence-electron chi connectivity index (χ4n) is 2.43. The van der Waals surface area contributed by atoms with Crippen molar-refractivity contribution in [1.29, 1.82) is 0 Å². The highest BCUT2D eigenvalue weighted by Gasteiger charge is 2.29. The maximum absolute atomic E-state index is 13.4. The van der Waals surface area contributed by atoms with E-state index in [0.717, 1.165) is 0 Å². The zero-order valence-corrected chi connectivity index (χ0v) is 12.9. The molecule has 1 amide bonds. The summed E-state index contributed by atoms with van der Waals surface area (Å²) in [5.74, 6) is -0.500. The molecule has 2 atom stereocenters. The van der Waals surface area contributed by atoms with Crippen molar-refractivity contribution >= 4 is 21.8 Å². The van der Waals surface area contributed by atoms with E-state index in [1.165, 1.54) is 12.1 Å². The van der Waals surface area contributed by atoms with Gasteiger partial charge in [-0.05, 0) is 39.1 Å². The summed E-state index contributed by atoms with van der Waals surface area (Å²) in [5, 5.41) is 0. The number of rotatable bonds is 1. The first-order valence-corrected chi connectivity index (χ1v) is 7.15. The van der Waals surface area contributed by atoms with E-state index in [4.69, 9.17) is 0 Å². The van der Waals surface area contributed by atoms with Crippen LogP contribution in [-0.2, 0) is 0 Å². The minimum Gasteiger partial charge on any atom is -0.336 e. The lowest BCUT2D eigenvalue weighted by Gasteiger charge is -2.42. The number of amides is 1. The van der Waals surface area contributed by atoms with Gasteiger partial charge in [-0.25, -0.2) is 4.39 Å². The lowest BCUT2D eigenvalue weighted by atomic mass is 10.1. The van der Waals surface area contributed by atoms with Gasteiger partial charge in [0.15, 0.2) is 0 Å². The number of piperazine rings is 1. The molecule has 1 heterocycles. The molecule has 19 heavy (non-hydrogen) atoms. The second kappa shape index (κ2) is 5.59. The van der Waals surface area contributed by atoms with Crippen LogP contribution in [0.3, 0.4) is 0 Å². The number of carbonyl (C=O) groups is 1. The minimum atomic E-state index is -0.395. The Bertz CT molecular complexity index is 462. The van der Waals surface area contributed by atoms with Crippen LogP contribution >= 0.6 is 15.9 Å². The average molecular weight is 329 g/mol. The van der Waals surface area contributed by atoms with Crippen LogP contribution in [0.5, 0.6) is 0 Å². The van der Waals surface area contributed by atoms with Gasteiger partial charge in [-0.1, -0.05) is 15.9 Å². The van der Waals surface area contributed by atoms with Crippen LogP contribution in [0.15, 0.2) is 22.7 Å². The van der Waals surface area contributed by atoms with Crippen LogP contribution in [0.25, 0.3) is 0 Å². The first-order chi connectivity index (χ1) is 8.88. The van der Waals surface area contributed by atoms with Gasteiger partial charge in [0.1, 0.15) is 5.82 Å². The monoisotopic (exact) mass is 328 g/mol.